The Morgan fingerprint density at radius 2 is 1.06 bits per heavy atom. The van der Waals surface area contributed by atoms with Gasteiger partial charge in [-0.05, 0) is 118 Å². The maximum atomic E-state index is 6.44. The molecule has 10 aromatic rings. The topological polar surface area (TPSA) is 13.1 Å². The van der Waals surface area contributed by atoms with Crippen LogP contribution in [-0.2, 0) is 5.41 Å². The van der Waals surface area contributed by atoms with Gasteiger partial charge in [0, 0.05) is 16.2 Å². The molecule has 9 aromatic carbocycles. The van der Waals surface area contributed by atoms with E-state index in [0.717, 1.165) is 21.9 Å². The van der Waals surface area contributed by atoms with E-state index >= 15 is 0 Å². The summed E-state index contributed by atoms with van der Waals surface area (Å²) in [4.78, 5) is 0. The van der Waals surface area contributed by atoms with Gasteiger partial charge in [-0.2, -0.15) is 0 Å². The average Bonchev–Trinajstić information content (AvgIpc) is 3.61. The molecule has 0 fully saturated rings. The SMILES string of the molecule is CC1(C)c2cc(-c3ccc4ccc5cccc6ccc3c4c56)cc(-c3ccc4c(c3)oc3ccccc34)c2-c2ccc3ccccc3c21. The molecule has 48 heavy (non-hydrogen) atoms. The van der Waals surface area contributed by atoms with Crippen LogP contribution in [0.25, 0.3) is 98.4 Å². The lowest BCUT2D eigenvalue weighted by Crippen LogP contribution is -2.15. The first-order valence-corrected chi connectivity index (χ1v) is 16.8. The second-order valence-electron chi connectivity index (χ2n) is 14.1. The molecule has 0 bridgehead atoms. The minimum absolute atomic E-state index is 0.191. The average molecular weight is 611 g/mol. The summed E-state index contributed by atoms with van der Waals surface area (Å²) in [5.74, 6) is 0. The summed E-state index contributed by atoms with van der Waals surface area (Å²) in [6.07, 6.45) is 0. The normalized spacial score (nSPS) is 13.8. The first-order chi connectivity index (χ1) is 23.5. The van der Waals surface area contributed by atoms with Crippen molar-refractivity contribution in [3.05, 3.63) is 157 Å². The standard InChI is InChI=1S/C47H30O/c1-47(2)40-25-32(33-20-17-30-15-14-28-9-7-10-29-18-22-37(33)44(30)43(28)29)24-39(45(40)38-23-16-27-8-3-4-11-34(27)46(38)47)31-19-21-36-35-12-5-6-13-41(35)48-42(36)26-31/h3-26H,1-2H3. The van der Waals surface area contributed by atoms with Gasteiger partial charge in [0.15, 0.2) is 0 Å². The number of para-hydroxylation sites is 1. The minimum Gasteiger partial charge on any atom is -0.456 e. The summed E-state index contributed by atoms with van der Waals surface area (Å²) in [7, 11) is 0. The van der Waals surface area contributed by atoms with E-state index < -0.39 is 0 Å². The highest BCUT2D eigenvalue weighted by Crippen LogP contribution is 2.56. The van der Waals surface area contributed by atoms with Crippen LogP contribution in [0.3, 0.4) is 0 Å². The largest absolute Gasteiger partial charge is 0.456 e. The maximum absolute atomic E-state index is 6.44. The quantitative estimate of drug-likeness (QED) is 0.178. The summed E-state index contributed by atoms with van der Waals surface area (Å²) < 4.78 is 6.44. The summed E-state index contributed by atoms with van der Waals surface area (Å²) in [6, 6.07) is 54.0. The van der Waals surface area contributed by atoms with Crippen molar-refractivity contribution in [1.29, 1.82) is 0 Å². The van der Waals surface area contributed by atoms with Crippen LogP contribution in [0.1, 0.15) is 25.0 Å². The zero-order valence-electron chi connectivity index (χ0n) is 26.8. The van der Waals surface area contributed by atoms with Gasteiger partial charge in [0.05, 0.1) is 0 Å². The molecule has 1 nitrogen and oxygen atoms in total. The van der Waals surface area contributed by atoms with E-state index in [9.17, 15) is 0 Å². The lowest BCUT2D eigenvalue weighted by atomic mass is 9.78. The third-order valence-electron chi connectivity index (χ3n) is 11.2. The second-order valence-corrected chi connectivity index (χ2v) is 14.1. The van der Waals surface area contributed by atoms with Crippen molar-refractivity contribution in [2.45, 2.75) is 19.3 Å². The number of benzene rings is 9. The first kappa shape index (κ1) is 26.2. The molecule has 224 valence electrons. The molecule has 0 aliphatic heterocycles. The Morgan fingerprint density at radius 1 is 0.417 bits per heavy atom. The van der Waals surface area contributed by atoms with Crippen molar-refractivity contribution in [1.82, 2.24) is 0 Å². The molecule has 0 spiro atoms. The molecule has 0 saturated carbocycles. The molecule has 1 aliphatic rings. The Bertz CT molecular complexity index is 2960. The van der Waals surface area contributed by atoms with Gasteiger partial charge in [0.2, 0.25) is 0 Å². The van der Waals surface area contributed by atoms with Crippen molar-refractivity contribution in [2.24, 2.45) is 0 Å². The molecular formula is C47H30O. The summed E-state index contributed by atoms with van der Waals surface area (Å²) in [5.41, 5.74) is 12.0. The van der Waals surface area contributed by atoms with E-state index in [1.54, 1.807) is 0 Å². The van der Waals surface area contributed by atoms with Crippen molar-refractivity contribution < 1.29 is 4.42 Å². The minimum atomic E-state index is -0.191. The van der Waals surface area contributed by atoms with Gasteiger partial charge in [-0.25, -0.2) is 0 Å². The number of hydrogen-bond donors (Lipinski definition) is 0. The highest BCUT2D eigenvalue weighted by molar-refractivity contribution is 6.25. The molecule has 0 amide bonds. The van der Waals surface area contributed by atoms with Crippen molar-refractivity contribution in [2.75, 3.05) is 0 Å². The predicted molar refractivity (Wildman–Crippen MR) is 203 cm³/mol. The Labute approximate surface area is 278 Å². The smallest absolute Gasteiger partial charge is 0.136 e. The third kappa shape index (κ3) is 3.35. The highest BCUT2D eigenvalue weighted by Gasteiger charge is 2.39. The van der Waals surface area contributed by atoms with Gasteiger partial charge in [-0.15, -0.1) is 0 Å². The Morgan fingerprint density at radius 3 is 1.94 bits per heavy atom. The van der Waals surface area contributed by atoms with Crippen LogP contribution in [-0.4, -0.2) is 0 Å². The van der Waals surface area contributed by atoms with E-state index in [-0.39, 0.29) is 5.41 Å². The first-order valence-electron chi connectivity index (χ1n) is 16.8. The molecule has 11 rings (SSSR count). The number of hydrogen-bond acceptors (Lipinski definition) is 1. The van der Waals surface area contributed by atoms with Crippen molar-refractivity contribution >= 4 is 65.0 Å². The van der Waals surface area contributed by atoms with E-state index in [2.05, 4.69) is 153 Å². The number of fused-ring (bicyclic) bond motifs is 8. The van der Waals surface area contributed by atoms with Crippen LogP contribution in [0.15, 0.2) is 150 Å². The predicted octanol–water partition coefficient (Wildman–Crippen LogP) is 13.3. The molecule has 1 aliphatic carbocycles. The Balaban J connectivity index is 1.25. The fourth-order valence-electron chi connectivity index (χ4n) is 8.98. The fraction of sp³-hybridized carbons (Fsp3) is 0.0638. The van der Waals surface area contributed by atoms with Crippen LogP contribution < -0.4 is 0 Å². The maximum Gasteiger partial charge on any atom is 0.136 e. The molecule has 1 heteroatoms. The van der Waals surface area contributed by atoms with E-state index in [0.29, 0.717) is 0 Å². The van der Waals surface area contributed by atoms with E-state index in [4.69, 9.17) is 4.42 Å². The second kappa shape index (κ2) is 9.12. The molecule has 0 unspecified atom stereocenters. The number of furan rings is 1. The molecule has 0 N–H and O–H groups in total. The monoisotopic (exact) mass is 610 g/mol. The molecule has 0 radical (unpaired) electrons. The van der Waals surface area contributed by atoms with E-state index in [1.807, 2.05) is 6.07 Å². The Hall–Kier alpha value is -5.92. The Kier molecular flexibility index (Phi) is 4.97. The highest BCUT2D eigenvalue weighted by atomic mass is 16.3. The van der Waals surface area contributed by atoms with Crippen molar-refractivity contribution in [3.8, 4) is 33.4 Å². The molecule has 0 atom stereocenters. The van der Waals surface area contributed by atoms with Gasteiger partial charge >= 0.3 is 0 Å². The lowest BCUT2D eigenvalue weighted by molar-refractivity contribution is 0.666. The molecule has 0 saturated heterocycles. The summed E-state index contributed by atoms with van der Waals surface area (Å²) in [6.45, 7) is 4.81. The van der Waals surface area contributed by atoms with Crippen LogP contribution >= 0.6 is 0 Å². The van der Waals surface area contributed by atoms with Crippen LogP contribution in [0, 0.1) is 0 Å². The van der Waals surface area contributed by atoms with Crippen molar-refractivity contribution in [3.63, 3.8) is 0 Å². The van der Waals surface area contributed by atoms with Crippen LogP contribution in [0.2, 0.25) is 0 Å². The molecule has 1 aromatic heterocycles. The molecular weight excluding hydrogens is 581 g/mol. The zero-order chi connectivity index (χ0) is 31.7. The van der Waals surface area contributed by atoms with E-state index in [1.165, 1.54) is 87.6 Å². The van der Waals surface area contributed by atoms with Gasteiger partial charge in [0.25, 0.3) is 0 Å². The molecule has 1 heterocycles. The fourth-order valence-corrected chi connectivity index (χ4v) is 8.98. The number of rotatable bonds is 2. The summed E-state index contributed by atoms with van der Waals surface area (Å²) >= 11 is 0. The summed E-state index contributed by atoms with van der Waals surface area (Å²) in [5, 5.41) is 12.8. The van der Waals surface area contributed by atoms with Gasteiger partial charge in [-0.1, -0.05) is 129 Å². The van der Waals surface area contributed by atoms with Crippen LogP contribution in [0.5, 0.6) is 0 Å². The third-order valence-corrected chi connectivity index (χ3v) is 11.2. The van der Waals surface area contributed by atoms with Gasteiger partial charge in [0.1, 0.15) is 11.2 Å². The van der Waals surface area contributed by atoms with Gasteiger partial charge in [-0.3, -0.25) is 0 Å². The van der Waals surface area contributed by atoms with Crippen LogP contribution in [0.4, 0.5) is 0 Å². The van der Waals surface area contributed by atoms with Gasteiger partial charge < -0.3 is 4.42 Å². The zero-order valence-corrected chi connectivity index (χ0v) is 26.8. The lowest BCUT2D eigenvalue weighted by Gasteiger charge is -2.24.